The molecule has 1 saturated heterocycles. The molecule has 1 fully saturated rings. The maximum atomic E-state index is 12.2. The van der Waals surface area contributed by atoms with Gasteiger partial charge in [0.15, 0.2) is 9.84 Å². The van der Waals surface area contributed by atoms with E-state index >= 15 is 0 Å². The van der Waals surface area contributed by atoms with Crippen LogP contribution in [0.5, 0.6) is 0 Å². The smallest absolute Gasteiger partial charge is 0.154 e. The fourth-order valence-corrected chi connectivity index (χ4v) is 5.25. The lowest BCUT2D eigenvalue weighted by molar-refractivity contribution is 0.409. The van der Waals surface area contributed by atoms with Gasteiger partial charge in [0.1, 0.15) is 0 Å². The average Bonchev–Trinajstić information content (AvgIpc) is 2.37. The predicted octanol–water partition coefficient (Wildman–Crippen LogP) is 3.29. The van der Waals surface area contributed by atoms with E-state index in [1.54, 1.807) is 0 Å². The van der Waals surface area contributed by atoms with Crippen molar-refractivity contribution >= 4 is 9.84 Å². The van der Waals surface area contributed by atoms with Crippen molar-refractivity contribution in [1.29, 1.82) is 0 Å². The van der Waals surface area contributed by atoms with Crippen LogP contribution in [0.15, 0.2) is 0 Å². The minimum atomic E-state index is -2.85. The Bertz CT molecular complexity index is 327. The van der Waals surface area contributed by atoms with Gasteiger partial charge >= 0.3 is 0 Å². The zero-order valence-electron chi connectivity index (χ0n) is 12.7. The highest BCUT2D eigenvalue weighted by atomic mass is 32.2. The van der Waals surface area contributed by atoms with Gasteiger partial charge in [0, 0.05) is 6.04 Å². The molecular formula is C15H31NO2S. The summed E-state index contributed by atoms with van der Waals surface area (Å²) in [4.78, 5) is 0. The summed E-state index contributed by atoms with van der Waals surface area (Å²) in [6.45, 7) is 5.15. The first kappa shape index (κ1) is 17.0. The zero-order chi connectivity index (χ0) is 14.1. The standard InChI is InChI=1S/C15H31NO2S/c1-3-5-6-7-8-11-14(16-4-2)15-12-9-10-13-19(15,17)18/h14-16H,3-13H2,1-2H3. The molecule has 0 spiro atoms. The molecule has 2 unspecified atom stereocenters. The number of sulfone groups is 1. The summed E-state index contributed by atoms with van der Waals surface area (Å²) in [5.74, 6) is 0.398. The molecule has 0 amide bonds. The Kier molecular flexibility index (Phi) is 8.00. The molecule has 3 nitrogen and oxygen atoms in total. The summed E-state index contributed by atoms with van der Waals surface area (Å²) >= 11 is 0. The Hall–Kier alpha value is -0.0900. The number of nitrogens with one attached hydrogen (secondary N) is 1. The molecule has 114 valence electrons. The van der Waals surface area contributed by atoms with Gasteiger partial charge in [0.25, 0.3) is 0 Å². The van der Waals surface area contributed by atoms with E-state index in [1.165, 1.54) is 25.7 Å². The summed E-state index contributed by atoms with van der Waals surface area (Å²) in [5, 5.41) is 3.29. The van der Waals surface area contributed by atoms with Gasteiger partial charge in [-0.2, -0.15) is 0 Å². The number of unbranched alkanes of at least 4 members (excludes halogenated alkanes) is 4. The molecule has 1 aliphatic heterocycles. The molecular weight excluding hydrogens is 258 g/mol. The SMILES string of the molecule is CCCCCCCC(NCC)C1CCCCS1(=O)=O. The molecule has 0 saturated carbocycles. The van der Waals surface area contributed by atoms with Gasteiger partial charge in [0.2, 0.25) is 0 Å². The second-order valence-corrected chi connectivity index (χ2v) is 8.11. The van der Waals surface area contributed by atoms with Crippen LogP contribution in [0, 0.1) is 0 Å². The molecule has 0 radical (unpaired) electrons. The average molecular weight is 289 g/mol. The topological polar surface area (TPSA) is 46.2 Å². The van der Waals surface area contributed by atoms with E-state index in [9.17, 15) is 8.42 Å². The van der Waals surface area contributed by atoms with Crippen LogP contribution in [0.4, 0.5) is 0 Å². The molecule has 0 aromatic carbocycles. The van der Waals surface area contributed by atoms with Gasteiger partial charge < -0.3 is 5.32 Å². The molecule has 1 aliphatic rings. The van der Waals surface area contributed by atoms with Gasteiger partial charge in [-0.05, 0) is 25.8 Å². The van der Waals surface area contributed by atoms with Crippen LogP contribution in [0.25, 0.3) is 0 Å². The lowest BCUT2D eigenvalue weighted by atomic mass is 10.0. The first-order chi connectivity index (χ1) is 9.11. The van der Waals surface area contributed by atoms with E-state index in [2.05, 4.69) is 19.2 Å². The fraction of sp³-hybridized carbons (Fsp3) is 1.00. The minimum Gasteiger partial charge on any atom is -0.313 e. The third kappa shape index (κ3) is 5.82. The summed E-state index contributed by atoms with van der Waals surface area (Å²) < 4.78 is 24.4. The quantitative estimate of drug-likeness (QED) is 0.663. The molecule has 19 heavy (non-hydrogen) atoms. The lowest BCUT2D eigenvalue weighted by Gasteiger charge is -2.30. The summed E-state index contributed by atoms with van der Waals surface area (Å²) in [6, 6.07) is 0.178. The molecule has 0 aromatic heterocycles. The molecule has 1 heterocycles. The van der Waals surface area contributed by atoms with Crippen molar-refractivity contribution in [1.82, 2.24) is 5.32 Å². The van der Waals surface area contributed by atoms with Crippen LogP contribution in [0.3, 0.4) is 0 Å². The van der Waals surface area contributed by atoms with Gasteiger partial charge in [0.05, 0.1) is 11.0 Å². The van der Waals surface area contributed by atoms with Crippen LogP contribution in [-0.4, -0.2) is 32.0 Å². The molecule has 0 aromatic rings. The van der Waals surface area contributed by atoms with Gasteiger partial charge in [-0.25, -0.2) is 8.42 Å². The highest BCUT2D eigenvalue weighted by Crippen LogP contribution is 2.25. The Morgan fingerprint density at radius 2 is 1.84 bits per heavy atom. The maximum absolute atomic E-state index is 12.2. The van der Waals surface area contributed by atoms with E-state index in [0.717, 1.165) is 38.6 Å². The molecule has 0 aliphatic carbocycles. The van der Waals surface area contributed by atoms with Crippen molar-refractivity contribution in [2.24, 2.45) is 0 Å². The summed E-state index contributed by atoms with van der Waals surface area (Å²) in [7, 11) is -2.85. The highest BCUT2D eigenvalue weighted by Gasteiger charge is 2.34. The van der Waals surface area contributed by atoms with E-state index in [4.69, 9.17) is 0 Å². The summed E-state index contributed by atoms with van der Waals surface area (Å²) in [6.07, 6.45) is 10.0. The number of rotatable bonds is 9. The normalized spacial score (nSPS) is 24.2. The molecule has 4 heteroatoms. The monoisotopic (exact) mass is 289 g/mol. The third-order valence-electron chi connectivity index (χ3n) is 4.16. The van der Waals surface area contributed by atoms with Crippen molar-refractivity contribution in [2.75, 3.05) is 12.3 Å². The van der Waals surface area contributed by atoms with Crippen molar-refractivity contribution in [2.45, 2.75) is 82.9 Å². The second-order valence-electron chi connectivity index (χ2n) is 5.77. The lowest BCUT2D eigenvalue weighted by Crippen LogP contribution is -2.46. The van der Waals surface area contributed by atoms with Gasteiger partial charge in [-0.1, -0.05) is 52.4 Å². The Balaban J connectivity index is 2.46. The minimum absolute atomic E-state index is 0.132. The fourth-order valence-electron chi connectivity index (χ4n) is 3.08. The van der Waals surface area contributed by atoms with E-state index in [1.807, 2.05) is 0 Å². The number of hydrogen-bond donors (Lipinski definition) is 1. The highest BCUT2D eigenvalue weighted by molar-refractivity contribution is 7.92. The Morgan fingerprint density at radius 1 is 1.11 bits per heavy atom. The maximum Gasteiger partial charge on any atom is 0.154 e. The van der Waals surface area contributed by atoms with E-state index in [0.29, 0.717) is 5.75 Å². The predicted molar refractivity (Wildman–Crippen MR) is 82.3 cm³/mol. The van der Waals surface area contributed by atoms with E-state index < -0.39 is 9.84 Å². The van der Waals surface area contributed by atoms with Crippen LogP contribution < -0.4 is 5.32 Å². The van der Waals surface area contributed by atoms with Crippen molar-refractivity contribution in [3.05, 3.63) is 0 Å². The van der Waals surface area contributed by atoms with Crippen LogP contribution in [-0.2, 0) is 9.84 Å². The molecule has 1 N–H and O–H groups in total. The Morgan fingerprint density at radius 3 is 2.47 bits per heavy atom. The van der Waals surface area contributed by atoms with Gasteiger partial charge in [-0.15, -0.1) is 0 Å². The summed E-state index contributed by atoms with van der Waals surface area (Å²) in [5.41, 5.74) is 0. The largest absolute Gasteiger partial charge is 0.313 e. The van der Waals surface area contributed by atoms with Crippen LogP contribution in [0.1, 0.15) is 71.6 Å². The van der Waals surface area contributed by atoms with Crippen LogP contribution >= 0.6 is 0 Å². The number of hydrogen-bond acceptors (Lipinski definition) is 3. The van der Waals surface area contributed by atoms with Gasteiger partial charge in [-0.3, -0.25) is 0 Å². The van der Waals surface area contributed by atoms with E-state index in [-0.39, 0.29) is 11.3 Å². The van der Waals surface area contributed by atoms with Crippen molar-refractivity contribution in [3.8, 4) is 0 Å². The van der Waals surface area contributed by atoms with Crippen molar-refractivity contribution in [3.63, 3.8) is 0 Å². The second kappa shape index (κ2) is 8.96. The molecule has 2 atom stereocenters. The first-order valence-corrected chi connectivity index (χ1v) is 9.78. The zero-order valence-corrected chi connectivity index (χ0v) is 13.5. The first-order valence-electron chi connectivity index (χ1n) is 8.06. The molecule has 1 rings (SSSR count). The van der Waals surface area contributed by atoms with Crippen molar-refractivity contribution < 1.29 is 8.42 Å². The third-order valence-corrected chi connectivity index (χ3v) is 6.51. The Labute approximate surface area is 119 Å². The van der Waals surface area contributed by atoms with Crippen LogP contribution in [0.2, 0.25) is 0 Å². The molecule has 0 bridgehead atoms.